The van der Waals surface area contributed by atoms with Gasteiger partial charge in [-0.2, -0.15) is 0 Å². The molecule has 35 heavy (non-hydrogen) atoms. The van der Waals surface area contributed by atoms with Crippen LogP contribution in [0, 0.1) is 0 Å². The third-order valence-corrected chi connectivity index (χ3v) is 6.58. The zero-order valence-electron chi connectivity index (χ0n) is 20.3. The maximum absolute atomic E-state index is 12.9. The minimum atomic E-state index is -0.572. The van der Waals surface area contributed by atoms with E-state index in [1.807, 2.05) is 27.7 Å². The molecule has 11 heteroatoms. The first-order valence-corrected chi connectivity index (χ1v) is 12.4. The van der Waals surface area contributed by atoms with Crippen molar-refractivity contribution < 1.29 is 14.3 Å². The van der Waals surface area contributed by atoms with Crippen molar-refractivity contribution in [3.05, 3.63) is 55.2 Å². The number of hydrogen-bond acceptors (Lipinski definition) is 7. The molecule has 0 spiro atoms. The van der Waals surface area contributed by atoms with Crippen LogP contribution >= 0.6 is 11.3 Å². The average molecular weight is 500 g/mol. The zero-order valence-corrected chi connectivity index (χ0v) is 21.1. The number of carbonyl (C=O) groups is 2. The number of aromatic amines is 1. The first kappa shape index (κ1) is 24.6. The highest BCUT2D eigenvalue weighted by molar-refractivity contribution is 7.15. The number of unbranched alkanes of at least 4 members (excludes halogenated alkanes) is 1. The lowest BCUT2D eigenvalue weighted by Gasteiger charge is -2.29. The van der Waals surface area contributed by atoms with Gasteiger partial charge in [0.05, 0.1) is 23.1 Å². The summed E-state index contributed by atoms with van der Waals surface area (Å²) in [4.78, 5) is 60.0. The minimum absolute atomic E-state index is 0.294. The molecule has 2 aromatic heterocycles. The smallest absolute Gasteiger partial charge is 0.410 e. The molecule has 0 radical (unpaired) electrons. The molecule has 0 atom stereocenters. The fraction of sp³-hybridized carbons (Fsp3) is 0.458. The van der Waals surface area contributed by atoms with Crippen LogP contribution in [0.2, 0.25) is 0 Å². The molecule has 0 bridgehead atoms. The molecule has 3 heterocycles. The lowest BCUT2D eigenvalue weighted by atomic mass is 10.1. The van der Waals surface area contributed by atoms with Gasteiger partial charge in [0.25, 0.3) is 11.5 Å². The molecule has 10 nitrogen and oxygen atoms in total. The largest absolute Gasteiger partial charge is 0.444 e. The van der Waals surface area contributed by atoms with E-state index in [9.17, 15) is 19.2 Å². The summed E-state index contributed by atoms with van der Waals surface area (Å²) in [7, 11) is 0. The van der Waals surface area contributed by atoms with Crippen molar-refractivity contribution in [3.63, 3.8) is 0 Å². The number of H-pyrrole nitrogens is 1. The molecular weight excluding hydrogens is 470 g/mol. The lowest BCUT2D eigenvalue weighted by molar-refractivity contribution is 0.0225. The predicted molar refractivity (Wildman–Crippen MR) is 134 cm³/mol. The molecule has 2 N–H and O–H groups in total. The summed E-state index contributed by atoms with van der Waals surface area (Å²) in [6.45, 7) is 8.68. The van der Waals surface area contributed by atoms with Crippen LogP contribution in [0.5, 0.6) is 0 Å². The molecule has 186 valence electrons. The van der Waals surface area contributed by atoms with E-state index in [1.165, 1.54) is 22.0 Å². The number of fused-ring (bicyclic) bond motifs is 2. The van der Waals surface area contributed by atoms with Gasteiger partial charge in [-0.15, -0.1) is 0 Å². The van der Waals surface area contributed by atoms with Crippen molar-refractivity contribution in [3.8, 4) is 0 Å². The Morgan fingerprint density at radius 3 is 2.74 bits per heavy atom. The Labute approximate surface area is 205 Å². The summed E-state index contributed by atoms with van der Waals surface area (Å²) in [6, 6.07) is 4.60. The number of thiazole rings is 1. The van der Waals surface area contributed by atoms with Gasteiger partial charge in [-0.1, -0.05) is 24.7 Å². The van der Waals surface area contributed by atoms with Crippen LogP contribution in [-0.4, -0.2) is 43.6 Å². The van der Waals surface area contributed by atoms with Gasteiger partial charge in [-0.05, 0) is 45.4 Å². The second-order valence-corrected chi connectivity index (χ2v) is 10.6. The summed E-state index contributed by atoms with van der Waals surface area (Å²) in [5, 5.41) is 3.57. The fourth-order valence-corrected chi connectivity index (χ4v) is 4.83. The number of carbonyl (C=O) groups excluding carboxylic acids is 2. The average Bonchev–Trinajstić information content (AvgIpc) is 3.18. The quantitative estimate of drug-likeness (QED) is 0.553. The monoisotopic (exact) mass is 499 g/mol. The minimum Gasteiger partial charge on any atom is -0.444 e. The van der Waals surface area contributed by atoms with Crippen molar-refractivity contribution >= 4 is 39.4 Å². The summed E-state index contributed by atoms with van der Waals surface area (Å²) < 4.78 is 6.64. The Morgan fingerprint density at radius 2 is 2.03 bits per heavy atom. The Balaban J connectivity index is 1.50. The normalized spacial score (nSPS) is 13.5. The van der Waals surface area contributed by atoms with Gasteiger partial charge in [-0.25, -0.2) is 14.6 Å². The SMILES string of the molecule is CCCCn1c(=O)[nH]c2cc(C(=O)Nc3nc4c(s3)CN(C(=O)OC(C)(C)C)CC4)ccc2c1=O. The number of amides is 2. The summed E-state index contributed by atoms with van der Waals surface area (Å²) in [6.07, 6.45) is 1.79. The third-order valence-electron chi connectivity index (χ3n) is 5.58. The molecule has 1 aromatic carbocycles. The molecule has 1 aliphatic rings. The highest BCUT2D eigenvalue weighted by Crippen LogP contribution is 2.29. The van der Waals surface area contributed by atoms with E-state index < -0.39 is 17.2 Å². The van der Waals surface area contributed by atoms with Gasteiger partial charge in [0, 0.05) is 30.0 Å². The third kappa shape index (κ3) is 5.45. The molecule has 0 saturated heterocycles. The Kier molecular flexibility index (Phi) is 6.79. The van der Waals surface area contributed by atoms with Gasteiger partial charge in [0.15, 0.2) is 5.13 Å². The molecule has 0 saturated carbocycles. The van der Waals surface area contributed by atoms with E-state index in [0.29, 0.717) is 47.7 Å². The Hall–Kier alpha value is -3.47. The molecule has 0 unspecified atom stereocenters. The number of benzene rings is 1. The highest BCUT2D eigenvalue weighted by Gasteiger charge is 2.28. The number of rotatable bonds is 5. The van der Waals surface area contributed by atoms with Crippen molar-refractivity contribution in [2.75, 3.05) is 11.9 Å². The number of nitrogens with zero attached hydrogens (tertiary/aromatic N) is 3. The van der Waals surface area contributed by atoms with Crippen molar-refractivity contribution in [2.24, 2.45) is 0 Å². The van der Waals surface area contributed by atoms with Crippen LogP contribution in [0.1, 0.15) is 61.5 Å². The molecule has 2 amide bonds. The Bertz CT molecular complexity index is 1400. The first-order valence-electron chi connectivity index (χ1n) is 11.6. The molecule has 0 aliphatic carbocycles. The van der Waals surface area contributed by atoms with Crippen molar-refractivity contribution in [2.45, 2.75) is 65.6 Å². The summed E-state index contributed by atoms with van der Waals surface area (Å²) in [5.74, 6) is -0.405. The van der Waals surface area contributed by atoms with Gasteiger partial charge >= 0.3 is 11.8 Å². The Morgan fingerprint density at radius 1 is 1.26 bits per heavy atom. The van der Waals surface area contributed by atoms with Crippen LogP contribution in [-0.2, 0) is 24.2 Å². The second-order valence-electron chi connectivity index (χ2n) is 9.50. The second kappa shape index (κ2) is 9.65. The number of nitrogens with one attached hydrogen (secondary N) is 2. The van der Waals surface area contributed by atoms with Gasteiger partial charge in [-0.3, -0.25) is 19.5 Å². The van der Waals surface area contributed by atoms with Gasteiger partial charge in [0.1, 0.15) is 5.60 Å². The van der Waals surface area contributed by atoms with E-state index in [0.717, 1.165) is 23.4 Å². The standard InChI is InChI=1S/C24H29N5O5S/c1-5-6-10-29-20(31)15-8-7-14(12-17(15)26-22(29)32)19(30)27-21-25-16-9-11-28(13-18(16)35-21)23(33)34-24(2,3)4/h7-8,12H,5-6,9-11,13H2,1-4H3,(H,26,32)(H,25,27,30). The molecular formula is C24H29N5O5S. The number of hydrogen-bond donors (Lipinski definition) is 2. The maximum Gasteiger partial charge on any atom is 0.410 e. The van der Waals surface area contributed by atoms with Crippen molar-refractivity contribution in [1.29, 1.82) is 0 Å². The van der Waals surface area contributed by atoms with Crippen LogP contribution in [0.15, 0.2) is 27.8 Å². The van der Waals surface area contributed by atoms with E-state index in [4.69, 9.17) is 4.74 Å². The maximum atomic E-state index is 12.9. The van der Waals surface area contributed by atoms with Crippen molar-refractivity contribution in [1.82, 2.24) is 19.4 Å². The number of ether oxygens (including phenoxy) is 1. The van der Waals surface area contributed by atoms with Crippen LogP contribution < -0.4 is 16.6 Å². The highest BCUT2D eigenvalue weighted by atomic mass is 32.1. The van der Waals surface area contributed by atoms with E-state index in [1.54, 1.807) is 17.0 Å². The molecule has 1 aliphatic heterocycles. The molecule has 4 rings (SSSR count). The number of aromatic nitrogens is 3. The van der Waals surface area contributed by atoms with Crippen LogP contribution in [0.25, 0.3) is 10.9 Å². The van der Waals surface area contributed by atoms with E-state index in [2.05, 4.69) is 15.3 Å². The van der Waals surface area contributed by atoms with E-state index >= 15 is 0 Å². The molecule has 3 aromatic rings. The van der Waals surface area contributed by atoms with Crippen LogP contribution in [0.4, 0.5) is 9.93 Å². The van der Waals surface area contributed by atoms with Gasteiger partial charge in [0.2, 0.25) is 0 Å². The predicted octanol–water partition coefficient (Wildman–Crippen LogP) is 3.49. The molecule has 0 fully saturated rings. The van der Waals surface area contributed by atoms with Gasteiger partial charge < -0.3 is 14.6 Å². The van der Waals surface area contributed by atoms with Crippen LogP contribution in [0.3, 0.4) is 0 Å². The topological polar surface area (TPSA) is 126 Å². The fourth-order valence-electron chi connectivity index (χ4n) is 3.82. The summed E-state index contributed by atoms with van der Waals surface area (Å²) in [5.41, 5.74) is 0.0218. The van der Waals surface area contributed by atoms with E-state index in [-0.39, 0.29) is 11.7 Å². The first-order chi connectivity index (χ1) is 16.6. The zero-order chi connectivity index (χ0) is 25.3. The summed E-state index contributed by atoms with van der Waals surface area (Å²) >= 11 is 1.31. The lowest BCUT2D eigenvalue weighted by Crippen LogP contribution is -2.39. The number of anilines is 1.